The maximum absolute atomic E-state index is 12.9. The van der Waals surface area contributed by atoms with Gasteiger partial charge in [-0.2, -0.15) is 5.26 Å². The first-order valence-corrected chi connectivity index (χ1v) is 10.8. The monoisotopic (exact) mass is 480 g/mol. The Bertz CT molecular complexity index is 1520. The van der Waals surface area contributed by atoms with Crippen LogP contribution in [-0.2, 0) is 7.05 Å². The van der Waals surface area contributed by atoms with E-state index < -0.39 is 34.7 Å². The molecule has 2 heterocycles. The van der Waals surface area contributed by atoms with Crippen molar-refractivity contribution in [2.45, 2.75) is 18.8 Å². The van der Waals surface area contributed by atoms with Crippen molar-refractivity contribution in [2.24, 2.45) is 7.05 Å². The normalized spacial score (nSPS) is 12.2. The highest BCUT2D eigenvalue weighted by Gasteiger charge is 2.31. The smallest absolute Gasteiger partial charge is 0.296 e. The molecule has 10 heteroatoms. The van der Waals surface area contributed by atoms with Gasteiger partial charge in [0.25, 0.3) is 11.5 Å². The molecule has 4 rings (SSSR count). The van der Waals surface area contributed by atoms with Gasteiger partial charge < -0.3 is 14.9 Å². The summed E-state index contributed by atoms with van der Waals surface area (Å²) in [4.78, 5) is 33.8. The average Bonchev–Trinajstić information content (AvgIpc) is 3.41. The van der Waals surface area contributed by atoms with E-state index in [2.05, 4.69) is 26.4 Å². The van der Waals surface area contributed by atoms with E-state index in [1.807, 2.05) is 0 Å². The Morgan fingerprint density at radius 2 is 1.92 bits per heavy atom. The van der Waals surface area contributed by atoms with Crippen LogP contribution in [0.15, 0.2) is 70.3 Å². The molecule has 0 fully saturated rings. The molecule has 0 aliphatic rings. The number of para-hydroxylation sites is 1. The Kier molecular flexibility index (Phi) is 6.61. The molecule has 0 saturated heterocycles. The maximum atomic E-state index is 12.9. The zero-order valence-corrected chi connectivity index (χ0v) is 19.3. The molecule has 10 nitrogen and oxygen atoms in total. The summed E-state index contributed by atoms with van der Waals surface area (Å²) in [5.41, 5.74) is 1.02. The van der Waals surface area contributed by atoms with Gasteiger partial charge >= 0.3 is 0 Å². The van der Waals surface area contributed by atoms with Gasteiger partial charge in [0.2, 0.25) is 5.75 Å². The Balaban J connectivity index is 1.91. The van der Waals surface area contributed by atoms with Crippen molar-refractivity contribution in [3.63, 3.8) is 0 Å². The summed E-state index contributed by atoms with van der Waals surface area (Å²) >= 11 is 0. The number of aromatic hydroxyl groups is 1. The third-order valence-corrected chi connectivity index (χ3v) is 5.92. The molecule has 0 bridgehead atoms. The number of nitrogens with zero attached hydrogens (tertiary/aromatic N) is 5. The predicted molar refractivity (Wildman–Crippen MR) is 130 cm³/mol. The highest BCUT2D eigenvalue weighted by Crippen LogP contribution is 2.42. The Morgan fingerprint density at radius 1 is 1.22 bits per heavy atom. The first kappa shape index (κ1) is 23.9. The Morgan fingerprint density at radius 3 is 2.58 bits per heavy atom. The van der Waals surface area contributed by atoms with Crippen LogP contribution in [0.3, 0.4) is 0 Å². The van der Waals surface area contributed by atoms with Crippen LogP contribution >= 0.6 is 0 Å². The predicted octanol–water partition coefficient (Wildman–Crippen LogP) is 4.08. The molecule has 36 heavy (non-hydrogen) atoms. The summed E-state index contributed by atoms with van der Waals surface area (Å²) in [5, 5.41) is 26.2. The summed E-state index contributed by atoms with van der Waals surface area (Å²) in [6.07, 6.45) is 2.45. The van der Waals surface area contributed by atoms with Gasteiger partial charge in [-0.05, 0) is 17.2 Å². The van der Waals surface area contributed by atoms with Gasteiger partial charge in [0.05, 0.1) is 24.4 Å². The number of rotatable bonds is 6. The number of carbonyl (C=O) groups is 1. The molecule has 2 aromatic carbocycles. The first-order valence-electron chi connectivity index (χ1n) is 10.8. The molecule has 2 N–H and O–H groups in total. The maximum Gasteiger partial charge on any atom is 0.296 e. The summed E-state index contributed by atoms with van der Waals surface area (Å²) in [5.74, 6) is -2.60. The SMILES string of the molecule is [C-]#[N+]c1ccccc1C(c1ccccc1C#N)[C@@H](C)c1nc(C(=O)Nc2cnoc2)c(O)c(=O)n1C. The lowest BCUT2D eigenvalue weighted by atomic mass is 9.78. The molecule has 4 aromatic rings. The molecule has 178 valence electrons. The van der Waals surface area contributed by atoms with Gasteiger partial charge in [-0.15, -0.1) is 0 Å². The van der Waals surface area contributed by atoms with Crippen LogP contribution in [0.1, 0.15) is 51.8 Å². The molecule has 0 radical (unpaired) electrons. The fourth-order valence-electron chi connectivity index (χ4n) is 4.21. The molecular formula is C26H20N6O4. The number of hydrogen-bond acceptors (Lipinski definition) is 7. The molecule has 0 spiro atoms. The van der Waals surface area contributed by atoms with Crippen molar-refractivity contribution in [2.75, 3.05) is 5.32 Å². The number of hydrogen-bond donors (Lipinski definition) is 2. The zero-order valence-electron chi connectivity index (χ0n) is 19.3. The van der Waals surface area contributed by atoms with Crippen LogP contribution in [0.4, 0.5) is 11.4 Å². The minimum atomic E-state index is -0.822. The van der Waals surface area contributed by atoms with Crippen molar-refractivity contribution in [1.82, 2.24) is 14.7 Å². The van der Waals surface area contributed by atoms with Crippen LogP contribution in [0.25, 0.3) is 4.85 Å². The van der Waals surface area contributed by atoms with E-state index in [-0.39, 0.29) is 11.5 Å². The second-order valence-electron chi connectivity index (χ2n) is 8.03. The molecule has 2 aromatic heterocycles. The fourth-order valence-corrected chi connectivity index (χ4v) is 4.21. The molecule has 1 unspecified atom stereocenters. The zero-order chi connectivity index (χ0) is 25.8. The van der Waals surface area contributed by atoms with Crippen molar-refractivity contribution in [1.29, 1.82) is 5.26 Å². The van der Waals surface area contributed by atoms with Gasteiger partial charge in [-0.3, -0.25) is 14.2 Å². The van der Waals surface area contributed by atoms with E-state index in [1.54, 1.807) is 55.5 Å². The van der Waals surface area contributed by atoms with Gasteiger partial charge in [-0.25, -0.2) is 9.83 Å². The van der Waals surface area contributed by atoms with Crippen molar-refractivity contribution < 1.29 is 14.4 Å². The highest BCUT2D eigenvalue weighted by atomic mass is 16.5. The Labute approximate surface area is 205 Å². The van der Waals surface area contributed by atoms with Crippen molar-refractivity contribution >= 4 is 17.3 Å². The van der Waals surface area contributed by atoms with E-state index >= 15 is 0 Å². The summed E-state index contributed by atoms with van der Waals surface area (Å²) in [6.45, 7) is 9.45. The minimum Gasteiger partial charge on any atom is -0.501 e. The lowest BCUT2D eigenvalue weighted by Gasteiger charge is -2.28. The lowest BCUT2D eigenvalue weighted by molar-refractivity contribution is 0.101. The summed E-state index contributed by atoms with van der Waals surface area (Å²) in [6, 6.07) is 16.2. The van der Waals surface area contributed by atoms with Crippen LogP contribution in [0, 0.1) is 17.9 Å². The van der Waals surface area contributed by atoms with Crippen LogP contribution < -0.4 is 10.9 Å². The van der Waals surface area contributed by atoms with Crippen molar-refractivity contribution in [3.05, 3.63) is 111 Å². The standard InChI is InChI=1S/C26H20N6O4/c1-15(21(18-9-5-4-8-16(18)12-27)19-10-6-7-11-20(19)28-2)24-31-22(23(33)26(35)32(24)3)25(34)30-17-13-29-36-14-17/h4-11,13-15,21,33H,1,3H3,(H,30,34)/t15-,21?/m1/s1. The van der Waals surface area contributed by atoms with Crippen LogP contribution in [0.2, 0.25) is 0 Å². The fraction of sp³-hybridized carbons (Fsp3) is 0.154. The van der Waals surface area contributed by atoms with E-state index in [4.69, 9.17) is 11.1 Å². The average molecular weight is 480 g/mol. The second-order valence-corrected chi connectivity index (χ2v) is 8.03. The number of benzene rings is 2. The lowest BCUT2D eigenvalue weighted by Crippen LogP contribution is -2.29. The third kappa shape index (κ3) is 4.31. The number of nitriles is 1. The van der Waals surface area contributed by atoms with Crippen LogP contribution in [0.5, 0.6) is 5.75 Å². The number of aromatic nitrogens is 3. The van der Waals surface area contributed by atoms with Gasteiger partial charge in [0.1, 0.15) is 17.8 Å². The first-order chi connectivity index (χ1) is 17.4. The molecule has 0 aliphatic heterocycles. The number of amides is 1. The van der Waals surface area contributed by atoms with Crippen LogP contribution in [-0.4, -0.2) is 25.7 Å². The summed E-state index contributed by atoms with van der Waals surface area (Å²) < 4.78 is 5.86. The van der Waals surface area contributed by atoms with E-state index in [1.165, 1.54) is 24.1 Å². The molecule has 2 atom stereocenters. The number of carbonyl (C=O) groups excluding carboxylic acids is 1. The second kappa shape index (κ2) is 9.95. The molecule has 0 aliphatic carbocycles. The quantitative estimate of drug-likeness (QED) is 0.396. The van der Waals surface area contributed by atoms with Gasteiger partial charge in [0, 0.05) is 18.9 Å². The summed E-state index contributed by atoms with van der Waals surface area (Å²) in [7, 11) is 1.44. The third-order valence-electron chi connectivity index (χ3n) is 5.92. The topological polar surface area (TPSA) is 138 Å². The van der Waals surface area contributed by atoms with E-state index in [0.29, 0.717) is 22.4 Å². The molecule has 0 saturated carbocycles. The molecule has 1 amide bonds. The van der Waals surface area contributed by atoms with E-state index in [0.717, 1.165) is 0 Å². The Hall–Kier alpha value is -5.22. The largest absolute Gasteiger partial charge is 0.501 e. The number of nitrogens with one attached hydrogen (secondary N) is 1. The van der Waals surface area contributed by atoms with Crippen molar-refractivity contribution in [3.8, 4) is 11.8 Å². The minimum absolute atomic E-state index is 0.186. The number of anilines is 1. The molecular weight excluding hydrogens is 460 g/mol. The van der Waals surface area contributed by atoms with Gasteiger partial charge in [0.15, 0.2) is 11.4 Å². The van der Waals surface area contributed by atoms with E-state index in [9.17, 15) is 20.0 Å². The highest BCUT2D eigenvalue weighted by molar-refractivity contribution is 6.04. The van der Waals surface area contributed by atoms with Gasteiger partial charge in [-0.1, -0.05) is 54.5 Å².